The Morgan fingerprint density at radius 3 is 2.38 bits per heavy atom. The van der Waals surface area contributed by atoms with Crippen molar-refractivity contribution in [1.29, 1.82) is 0 Å². The number of hydrogen-bond donors (Lipinski definition) is 1. The minimum absolute atomic E-state index is 0.0914. The van der Waals surface area contributed by atoms with Gasteiger partial charge in [0.2, 0.25) is 10.0 Å². The van der Waals surface area contributed by atoms with Crippen molar-refractivity contribution in [2.45, 2.75) is 31.7 Å². The molecule has 0 unspecified atom stereocenters. The molecule has 0 bridgehead atoms. The highest BCUT2D eigenvalue weighted by Gasteiger charge is 2.23. The topological polar surface area (TPSA) is 88.2 Å². The summed E-state index contributed by atoms with van der Waals surface area (Å²) in [5.74, 6) is 1.22. The molecule has 174 valence electrons. The highest BCUT2D eigenvalue weighted by Crippen LogP contribution is 2.28. The number of hydrogen-bond acceptors (Lipinski definition) is 6. The Labute approximate surface area is 190 Å². The van der Waals surface area contributed by atoms with Gasteiger partial charge in [-0.15, -0.1) is 0 Å². The Morgan fingerprint density at radius 1 is 1.06 bits per heavy atom. The zero-order chi connectivity index (χ0) is 23.3. The van der Waals surface area contributed by atoms with Crippen LogP contribution in [0, 0.1) is 6.92 Å². The van der Waals surface area contributed by atoms with Crippen LogP contribution >= 0.6 is 0 Å². The van der Waals surface area contributed by atoms with Crippen LogP contribution in [0.1, 0.15) is 19.4 Å². The van der Waals surface area contributed by atoms with E-state index in [-0.39, 0.29) is 23.5 Å². The van der Waals surface area contributed by atoms with E-state index in [0.717, 1.165) is 11.4 Å². The molecule has 1 amide bonds. The van der Waals surface area contributed by atoms with Crippen LogP contribution in [0.3, 0.4) is 0 Å². The van der Waals surface area contributed by atoms with E-state index in [4.69, 9.17) is 9.47 Å². The van der Waals surface area contributed by atoms with Gasteiger partial charge in [-0.3, -0.25) is 4.79 Å². The van der Waals surface area contributed by atoms with E-state index in [9.17, 15) is 13.2 Å². The lowest BCUT2D eigenvalue weighted by molar-refractivity contribution is -0.133. The van der Waals surface area contributed by atoms with Gasteiger partial charge in [0, 0.05) is 32.2 Å². The number of methoxy groups -OCH3 is 1. The molecule has 0 saturated carbocycles. The van der Waals surface area contributed by atoms with Gasteiger partial charge in [0.25, 0.3) is 5.91 Å². The molecule has 2 aromatic rings. The van der Waals surface area contributed by atoms with Gasteiger partial charge in [0.1, 0.15) is 11.5 Å². The van der Waals surface area contributed by atoms with E-state index in [1.54, 1.807) is 44.9 Å². The first-order valence-electron chi connectivity index (χ1n) is 10.6. The molecule has 3 rings (SSSR count). The number of sulfonamides is 1. The highest BCUT2D eigenvalue weighted by atomic mass is 32.2. The third-order valence-corrected chi connectivity index (χ3v) is 6.91. The van der Waals surface area contributed by atoms with Crippen molar-refractivity contribution in [3.63, 3.8) is 0 Å². The van der Waals surface area contributed by atoms with Crippen molar-refractivity contribution in [3.05, 3.63) is 48.0 Å². The molecule has 1 heterocycles. The standard InChI is InChI=1S/C23H31N3O5S/c1-17(2)24-32(28,29)19-9-10-21(18(3)15-19)31-16-23(27)26-13-11-25(12-14-26)20-7-5-6-8-22(20)30-4/h5-10,15,17,24H,11-14,16H2,1-4H3. The maximum Gasteiger partial charge on any atom is 0.260 e. The fraction of sp³-hybridized carbons (Fsp3) is 0.435. The molecular weight excluding hydrogens is 430 g/mol. The van der Waals surface area contributed by atoms with E-state index in [0.29, 0.717) is 37.5 Å². The molecule has 1 fully saturated rings. The lowest BCUT2D eigenvalue weighted by Crippen LogP contribution is -2.50. The van der Waals surface area contributed by atoms with Crippen LogP contribution < -0.4 is 19.1 Å². The fourth-order valence-electron chi connectivity index (χ4n) is 3.65. The second kappa shape index (κ2) is 10.2. The van der Waals surface area contributed by atoms with Crippen LogP contribution in [0.2, 0.25) is 0 Å². The van der Waals surface area contributed by atoms with Crippen LogP contribution in [0.4, 0.5) is 5.69 Å². The zero-order valence-corrected chi connectivity index (χ0v) is 19.8. The lowest BCUT2D eigenvalue weighted by atomic mass is 10.2. The molecule has 0 aromatic heterocycles. The van der Waals surface area contributed by atoms with Crippen molar-refractivity contribution >= 4 is 21.6 Å². The summed E-state index contributed by atoms with van der Waals surface area (Å²) >= 11 is 0. The number of nitrogens with zero attached hydrogens (tertiary/aromatic N) is 2. The zero-order valence-electron chi connectivity index (χ0n) is 19.0. The number of rotatable bonds is 8. The van der Waals surface area contributed by atoms with E-state index < -0.39 is 10.0 Å². The molecule has 32 heavy (non-hydrogen) atoms. The van der Waals surface area contributed by atoms with E-state index in [1.165, 1.54) is 6.07 Å². The smallest absolute Gasteiger partial charge is 0.260 e. The van der Waals surface area contributed by atoms with Crippen molar-refractivity contribution in [3.8, 4) is 11.5 Å². The third kappa shape index (κ3) is 5.72. The third-order valence-electron chi connectivity index (χ3n) is 5.26. The Balaban J connectivity index is 1.55. The van der Waals surface area contributed by atoms with E-state index >= 15 is 0 Å². The quantitative estimate of drug-likeness (QED) is 0.650. The van der Waals surface area contributed by atoms with Gasteiger partial charge in [-0.25, -0.2) is 13.1 Å². The average Bonchev–Trinajstić information content (AvgIpc) is 2.77. The summed E-state index contributed by atoms with van der Waals surface area (Å²) in [6, 6.07) is 12.3. The van der Waals surface area contributed by atoms with E-state index in [1.807, 2.05) is 24.3 Å². The van der Waals surface area contributed by atoms with Crippen LogP contribution in [-0.2, 0) is 14.8 Å². The number of aryl methyl sites for hydroxylation is 1. The first-order valence-corrected chi connectivity index (χ1v) is 12.1. The second-order valence-corrected chi connectivity index (χ2v) is 9.75. The SMILES string of the molecule is COc1ccccc1N1CCN(C(=O)COc2ccc(S(=O)(=O)NC(C)C)cc2C)CC1. The number of anilines is 1. The molecule has 0 radical (unpaired) electrons. The van der Waals surface area contributed by atoms with Gasteiger partial charge >= 0.3 is 0 Å². The highest BCUT2D eigenvalue weighted by molar-refractivity contribution is 7.89. The Hall–Kier alpha value is -2.78. The minimum atomic E-state index is -3.57. The summed E-state index contributed by atoms with van der Waals surface area (Å²) in [5, 5.41) is 0. The van der Waals surface area contributed by atoms with Gasteiger partial charge in [0.15, 0.2) is 6.61 Å². The minimum Gasteiger partial charge on any atom is -0.495 e. The largest absolute Gasteiger partial charge is 0.495 e. The van der Waals surface area contributed by atoms with Crippen molar-refractivity contribution in [2.75, 3.05) is 44.8 Å². The lowest BCUT2D eigenvalue weighted by Gasteiger charge is -2.36. The Morgan fingerprint density at radius 2 is 1.75 bits per heavy atom. The molecule has 0 aliphatic carbocycles. The van der Waals surface area contributed by atoms with Gasteiger partial charge < -0.3 is 19.3 Å². The van der Waals surface area contributed by atoms with Crippen LogP contribution in [0.5, 0.6) is 11.5 Å². The monoisotopic (exact) mass is 461 g/mol. The molecule has 0 atom stereocenters. The molecule has 9 heteroatoms. The maximum atomic E-state index is 12.6. The predicted molar refractivity (Wildman–Crippen MR) is 124 cm³/mol. The molecule has 1 saturated heterocycles. The number of nitrogens with one attached hydrogen (secondary N) is 1. The normalized spacial score (nSPS) is 14.5. The summed E-state index contributed by atoms with van der Waals surface area (Å²) in [7, 11) is -1.92. The van der Waals surface area contributed by atoms with Crippen molar-refractivity contribution in [1.82, 2.24) is 9.62 Å². The summed E-state index contributed by atoms with van der Waals surface area (Å²) in [6.45, 7) is 7.81. The van der Waals surface area contributed by atoms with E-state index in [2.05, 4.69) is 9.62 Å². The second-order valence-electron chi connectivity index (χ2n) is 8.03. The number of amides is 1. The molecule has 0 spiro atoms. The van der Waals surface area contributed by atoms with Crippen LogP contribution in [-0.4, -0.2) is 65.2 Å². The maximum absolute atomic E-state index is 12.6. The van der Waals surface area contributed by atoms with Crippen molar-refractivity contribution in [2.24, 2.45) is 0 Å². The Bertz CT molecular complexity index is 1050. The summed E-state index contributed by atoms with van der Waals surface area (Å²) in [6.07, 6.45) is 0. The summed E-state index contributed by atoms with van der Waals surface area (Å²) in [5.41, 5.74) is 1.68. The van der Waals surface area contributed by atoms with Gasteiger partial charge in [-0.2, -0.15) is 0 Å². The molecule has 1 aliphatic rings. The molecular formula is C23H31N3O5S. The average molecular weight is 462 g/mol. The summed E-state index contributed by atoms with van der Waals surface area (Å²) < 4.78 is 38.3. The number of benzene rings is 2. The van der Waals surface area contributed by atoms with Crippen molar-refractivity contribution < 1.29 is 22.7 Å². The number of carbonyl (C=O) groups is 1. The number of piperazine rings is 1. The number of ether oxygens (including phenoxy) is 2. The van der Waals surface area contributed by atoms with Crippen LogP contribution in [0.15, 0.2) is 47.4 Å². The fourth-order valence-corrected chi connectivity index (χ4v) is 4.98. The van der Waals surface area contributed by atoms with Gasteiger partial charge in [0.05, 0.1) is 17.7 Å². The molecule has 2 aromatic carbocycles. The first kappa shape index (κ1) is 23.9. The van der Waals surface area contributed by atoms with Gasteiger partial charge in [-0.1, -0.05) is 12.1 Å². The number of para-hydroxylation sites is 2. The molecule has 8 nitrogen and oxygen atoms in total. The first-order chi connectivity index (χ1) is 15.2. The summed E-state index contributed by atoms with van der Waals surface area (Å²) in [4.78, 5) is 16.8. The van der Waals surface area contributed by atoms with Crippen LogP contribution in [0.25, 0.3) is 0 Å². The number of carbonyl (C=O) groups excluding carboxylic acids is 1. The Kier molecular flexibility index (Phi) is 7.63. The molecule has 1 N–H and O–H groups in total. The molecule has 1 aliphatic heterocycles. The predicted octanol–water partition coefficient (Wildman–Crippen LogP) is 2.42. The van der Waals surface area contributed by atoms with Gasteiger partial charge in [-0.05, 0) is 56.7 Å².